The van der Waals surface area contributed by atoms with E-state index in [0.717, 1.165) is 0 Å². The van der Waals surface area contributed by atoms with Crippen LogP contribution in [0.5, 0.6) is 5.75 Å². The van der Waals surface area contributed by atoms with Crippen molar-refractivity contribution in [2.45, 2.75) is 6.10 Å². The molecule has 1 atom stereocenters. The van der Waals surface area contributed by atoms with E-state index in [2.05, 4.69) is 4.90 Å². The lowest BCUT2D eigenvalue weighted by molar-refractivity contribution is 0.0527. The quantitative estimate of drug-likeness (QED) is 0.891. The summed E-state index contributed by atoms with van der Waals surface area (Å²) in [6, 6.07) is 12.2. The van der Waals surface area contributed by atoms with Crippen LogP contribution in [0.15, 0.2) is 48.5 Å². The summed E-state index contributed by atoms with van der Waals surface area (Å²) in [7, 11) is 0. The Balaban J connectivity index is 1.53. The number of piperazine rings is 1. The van der Waals surface area contributed by atoms with Crippen LogP contribution in [0, 0.1) is 5.82 Å². The Bertz CT molecular complexity index is 728. The summed E-state index contributed by atoms with van der Waals surface area (Å²) in [5.41, 5.74) is 1.15. The zero-order valence-corrected chi connectivity index (χ0v) is 13.8. The van der Waals surface area contributed by atoms with Crippen LogP contribution in [-0.2, 0) is 0 Å². The molecule has 1 saturated heterocycles. The Morgan fingerprint density at radius 2 is 1.76 bits per heavy atom. The third kappa shape index (κ3) is 4.35. The molecular weight excluding hydrogens is 323 g/mol. The molecule has 1 unspecified atom stereocenters. The summed E-state index contributed by atoms with van der Waals surface area (Å²) >= 11 is 0. The second-order valence-electron chi connectivity index (χ2n) is 6.21. The molecule has 1 heterocycles. The topological polar surface area (TPSA) is 64.0 Å². The summed E-state index contributed by atoms with van der Waals surface area (Å²) < 4.78 is 12.9. The molecule has 2 aromatic carbocycles. The molecule has 1 amide bonds. The van der Waals surface area contributed by atoms with Crippen molar-refractivity contribution < 1.29 is 19.4 Å². The molecule has 6 heteroatoms. The van der Waals surface area contributed by atoms with E-state index in [1.54, 1.807) is 29.2 Å². The number of benzene rings is 2. The van der Waals surface area contributed by atoms with Crippen LogP contribution in [0.25, 0.3) is 0 Å². The van der Waals surface area contributed by atoms with E-state index in [-0.39, 0.29) is 17.5 Å². The Morgan fingerprint density at radius 1 is 1.08 bits per heavy atom. The van der Waals surface area contributed by atoms with E-state index in [4.69, 9.17) is 0 Å². The number of aliphatic hydroxyl groups excluding tert-OH is 1. The van der Waals surface area contributed by atoms with Gasteiger partial charge in [0.25, 0.3) is 5.91 Å². The molecule has 3 rings (SSSR count). The fraction of sp³-hybridized carbons (Fsp3) is 0.316. The smallest absolute Gasteiger partial charge is 0.254 e. The molecule has 0 saturated carbocycles. The van der Waals surface area contributed by atoms with Gasteiger partial charge >= 0.3 is 0 Å². The third-order valence-corrected chi connectivity index (χ3v) is 4.44. The van der Waals surface area contributed by atoms with Crippen molar-refractivity contribution in [3.05, 3.63) is 65.5 Å². The van der Waals surface area contributed by atoms with Crippen LogP contribution < -0.4 is 0 Å². The highest BCUT2D eigenvalue weighted by Crippen LogP contribution is 2.18. The average molecular weight is 344 g/mol. The number of carbonyl (C=O) groups excluding carboxylic acids is 1. The molecule has 1 aliphatic heterocycles. The number of phenols is 1. The molecule has 0 aliphatic carbocycles. The van der Waals surface area contributed by atoms with E-state index in [9.17, 15) is 19.4 Å². The lowest BCUT2D eigenvalue weighted by Crippen LogP contribution is -2.49. The van der Waals surface area contributed by atoms with Gasteiger partial charge in [-0.1, -0.05) is 18.2 Å². The van der Waals surface area contributed by atoms with E-state index in [0.29, 0.717) is 43.9 Å². The lowest BCUT2D eigenvalue weighted by Gasteiger charge is -2.35. The number of aliphatic hydroxyl groups is 1. The zero-order chi connectivity index (χ0) is 17.8. The molecule has 1 fully saturated rings. The van der Waals surface area contributed by atoms with Crippen molar-refractivity contribution >= 4 is 5.91 Å². The van der Waals surface area contributed by atoms with Crippen molar-refractivity contribution in [2.75, 3.05) is 32.7 Å². The molecule has 0 spiro atoms. The average Bonchev–Trinajstić information content (AvgIpc) is 2.62. The first-order chi connectivity index (χ1) is 12.0. The molecule has 5 nitrogen and oxygen atoms in total. The van der Waals surface area contributed by atoms with Crippen LogP contribution in [0.3, 0.4) is 0 Å². The number of carbonyl (C=O) groups is 1. The van der Waals surface area contributed by atoms with Gasteiger partial charge in [0.1, 0.15) is 11.6 Å². The minimum Gasteiger partial charge on any atom is -0.508 e. The van der Waals surface area contributed by atoms with Gasteiger partial charge in [0.2, 0.25) is 0 Å². The maximum absolute atomic E-state index is 12.9. The van der Waals surface area contributed by atoms with Gasteiger partial charge < -0.3 is 15.1 Å². The molecule has 2 aromatic rings. The van der Waals surface area contributed by atoms with Crippen LogP contribution in [-0.4, -0.2) is 58.6 Å². The molecule has 0 bridgehead atoms. The first-order valence-corrected chi connectivity index (χ1v) is 8.27. The predicted octanol–water partition coefficient (Wildman–Crippen LogP) is 2.02. The van der Waals surface area contributed by atoms with Gasteiger partial charge in [-0.3, -0.25) is 9.69 Å². The summed E-state index contributed by atoms with van der Waals surface area (Å²) in [6.07, 6.45) is -0.686. The largest absolute Gasteiger partial charge is 0.508 e. The molecule has 132 valence electrons. The highest BCUT2D eigenvalue weighted by atomic mass is 19.1. The van der Waals surface area contributed by atoms with Crippen molar-refractivity contribution in [1.82, 2.24) is 9.80 Å². The highest BCUT2D eigenvalue weighted by molar-refractivity contribution is 5.94. The summed E-state index contributed by atoms with van der Waals surface area (Å²) in [6.45, 7) is 2.88. The molecule has 25 heavy (non-hydrogen) atoms. The predicted molar refractivity (Wildman–Crippen MR) is 91.8 cm³/mol. The van der Waals surface area contributed by atoms with Crippen molar-refractivity contribution in [2.24, 2.45) is 0 Å². The number of amides is 1. The molecular formula is C19H21FN2O3. The number of hydrogen-bond donors (Lipinski definition) is 2. The van der Waals surface area contributed by atoms with Crippen LogP contribution >= 0.6 is 0 Å². The Kier molecular flexibility index (Phi) is 5.31. The van der Waals surface area contributed by atoms with E-state index < -0.39 is 6.10 Å². The zero-order valence-electron chi connectivity index (χ0n) is 13.8. The van der Waals surface area contributed by atoms with Crippen LogP contribution in [0.4, 0.5) is 4.39 Å². The highest BCUT2D eigenvalue weighted by Gasteiger charge is 2.24. The van der Waals surface area contributed by atoms with E-state index in [1.165, 1.54) is 24.3 Å². The van der Waals surface area contributed by atoms with Gasteiger partial charge in [0.05, 0.1) is 6.10 Å². The fourth-order valence-corrected chi connectivity index (χ4v) is 2.99. The van der Waals surface area contributed by atoms with Crippen LogP contribution in [0.2, 0.25) is 0 Å². The van der Waals surface area contributed by atoms with Crippen molar-refractivity contribution in [3.63, 3.8) is 0 Å². The minimum absolute atomic E-state index is 0.0758. The van der Waals surface area contributed by atoms with Gasteiger partial charge in [-0.15, -0.1) is 0 Å². The minimum atomic E-state index is -0.686. The van der Waals surface area contributed by atoms with Gasteiger partial charge in [0.15, 0.2) is 0 Å². The maximum atomic E-state index is 12.9. The van der Waals surface area contributed by atoms with E-state index >= 15 is 0 Å². The maximum Gasteiger partial charge on any atom is 0.254 e. The lowest BCUT2D eigenvalue weighted by atomic mass is 10.1. The van der Waals surface area contributed by atoms with Gasteiger partial charge in [-0.2, -0.15) is 0 Å². The summed E-state index contributed by atoms with van der Waals surface area (Å²) in [5, 5.41) is 19.8. The van der Waals surface area contributed by atoms with Crippen molar-refractivity contribution in [3.8, 4) is 5.75 Å². The molecule has 2 N–H and O–H groups in total. The van der Waals surface area contributed by atoms with Gasteiger partial charge in [-0.05, 0) is 35.9 Å². The van der Waals surface area contributed by atoms with Crippen LogP contribution in [0.1, 0.15) is 22.0 Å². The third-order valence-electron chi connectivity index (χ3n) is 4.44. The number of β-amino-alcohol motifs (C(OH)–C–C–N with tert-alkyl or cyclic N) is 1. The standard InChI is InChI=1S/C19H21FN2O3/c20-16-6-4-14(5-7-16)18(24)13-21-8-10-22(11-9-21)19(25)15-2-1-3-17(23)12-15/h1-7,12,18,23-24H,8-11,13H2. The number of phenolic OH excluding ortho intramolecular Hbond substituents is 1. The Morgan fingerprint density at radius 3 is 2.40 bits per heavy atom. The number of nitrogens with zero attached hydrogens (tertiary/aromatic N) is 2. The van der Waals surface area contributed by atoms with Gasteiger partial charge in [0, 0.05) is 38.3 Å². The molecule has 0 radical (unpaired) electrons. The number of halogens is 1. The first kappa shape index (κ1) is 17.4. The SMILES string of the molecule is O=C(c1cccc(O)c1)N1CCN(CC(O)c2ccc(F)cc2)CC1. The monoisotopic (exact) mass is 344 g/mol. The number of aromatic hydroxyl groups is 1. The Labute approximate surface area is 145 Å². The van der Waals surface area contributed by atoms with Gasteiger partial charge in [-0.25, -0.2) is 4.39 Å². The number of rotatable bonds is 4. The summed E-state index contributed by atoms with van der Waals surface area (Å²) in [4.78, 5) is 16.3. The number of hydrogen-bond acceptors (Lipinski definition) is 4. The normalized spacial score (nSPS) is 16.6. The second kappa shape index (κ2) is 7.63. The molecule has 1 aliphatic rings. The molecule has 0 aromatic heterocycles. The first-order valence-electron chi connectivity index (χ1n) is 8.27. The van der Waals surface area contributed by atoms with E-state index in [1.807, 2.05) is 0 Å². The Hall–Kier alpha value is -2.44. The summed E-state index contributed by atoms with van der Waals surface area (Å²) in [5.74, 6) is -0.350. The fourth-order valence-electron chi connectivity index (χ4n) is 2.99. The second-order valence-corrected chi connectivity index (χ2v) is 6.21. The van der Waals surface area contributed by atoms with Crippen molar-refractivity contribution in [1.29, 1.82) is 0 Å².